The fourth-order valence-corrected chi connectivity index (χ4v) is 4.09. The van der Waals surface area contributed by atoms with Crippen LogP contribution in [0.1, 0.15) is 31.2 Å². The van der Waals surface area contributed by atoms with Gasteiger partial charge in [0.15, 0.2) is 0 Å². The van der Waals surface area contributed by atoms with E-state index in [1.807, 2.05) is 0 Å². The van der Waals surface area contributed by atoms with E-state index in [4.69, 9.17) is 0 Å². The van der Waals surface area contributed by atoms with E-state index in [-0.39, 0.29) is 6.04 Å². The molecule has 2 saturated heterocycles. The van der Waals surface area contributed by atoms with Gasteiger partial charge in [0.1, 0.15) is 0 Å². The van der Waals surface area contributed by atoms with Crippen LogP contribution in [-0.4, -0.2) is 30.1 Å². The highest BCUT2D eigenvalue weighted by Crippen LogP contribution is 2.37. The summed E-state index contributed by atoms with van der Waals surface area (Å²) in [6, 6.07) is 5.42. The van der Waals surface area contributed by atoms with E-state index in [1.165, 1.54) is 18.9 Å². The largest absolute Gasteiger partial charge is 0.416 e. The molecule has 116 valence electrons. The first-order valence-corrected chi connectivity index (χ1v) is 7.98. The Morgan fingerprint density at radius 3 is 2.33 bits per heavy atom. The maximum Gasteiger partial charge on any atom is 0.416 e. The number of hydrogen-bond donors (Lipinski definition) is 1. The SMILES string of the molecule is CN1C2CCC1CC(Nc1cc(Br)cc(C(F)(F)F)c1)C2. The monoisotopic (exact) mass is 362 g/mol. The third-order valence-corrected chi connectivity index (χ3v) is 5.15. The van der Waals surface area contributed by atoms with Gasteiger partial charge in [-0.15, -0.1) is 0 Å². The molecule has 0 aromatic heterocycles. The van der Waals surface area contributed by atoms with Crippen LogP contribution in [-0.2, 0) is 6.18 Å². The molecule has 21 heavy (non-hydrogen) atoms. The third-order valence-electron chi connectivity index (χ3n) is 4.69. The molecule has 0 amide bonds. The predicted octanol–water partition coefficient (Wildman–Crippen LogP) is 4.51. The standard InChI is InChI=1S/C15H18BrF3N2/c1-21-13-2-3-14(21)8-12(7-13)20-11-5-9(15(17,18)19)4-10(16)6-11/h4-6,12-14,20H,2-3,7-8H2,1H3. The first kappa shape index (κ1) is 15.2. The van der Waals surface area contributed by atoms with Gasteiger partial charge in [-0.25, -0.2) is 0 Å². The van der Waals surface area contributed by atoms with Crippen molar-refractivity contribution in [3.05, 3.63) is 28.2 Å². The average Bonchev–Trinajstić information content (AvgIpc) is 2.60. The highest BCUT2D eigenvalue weighted by Gasteiger charge is 2.38. The van der Waals surface area contributed by atoms with E-state index in [1.54, 1.807) is 6.07 Å². The molecule has 2 aliphatic rings. The van der Waals surface area contributed by atoms with Crippen LogP contribution in [0.5, 0.6) is 0 Å². The molecule has 2 atom stereocenters. The maximum absolute atomic E-state index is 12.9. The normalized spacial score (nSPS) is 29.7. The molecule has 1 aromatic carbocycles. The van der Waals surface area contributed by atoms with Crippen LogP contribution >= 0.6 is 15.9 Å². The van der Waals surface area contributed by atoms with Crippen molar-refractivity contribution in [3.63, 3.8) is 0 Å². The highest BCUT2D eigenvalue weighted by molar-refractivity contribution is 9.10. The number of anilines is 1. The summed E-state index contributed by atoms with van der Waals surface area (Å²) < 4.78 is 39.0. The Bertz CT molecular complexity index is 518. The number of piperidine rings is 1. The molecule has 2 heterocycles. The maximum atomic E-state index is 12.9. The molecule has 0 radical (unpaired) electrons. The van der Waals surface area contributed by atoms with Gasteiger partial charge in [0.2, 0.25) is 0 Å². The van der Waals surface area contributed by atoms with E-state index < -0.39 is 11.7 Å². The predicted molar refractivity (Wildman–Crippen MR) is 80.4 cm³/mol. The Morgan fingerprint density at radius 2 is 1.76 bits per heavy atom. The molecule has 2 aliphatic heterocycles. The minimum absolute atomic E-state index is 0.258. The molecule has 1 N–H and O–H groups in total. The van der Waals surface area contributed by atoms with Crippen molar-refractivity contribution >= 4 is 21.6 Å². The quantitative estimate of drug-likeness (QED) is 0.832. The third kappa shape index (κ3) is 3.21. The molecule has 6 heteroatoms. The van der Waals surface area contributed by atoms with Crippen molar-refractivity contribution in [2.75, 3.05) is 12.4 Å². The topological polar surface area (TPSA) is 15.3 Å². The molecule has 2 nitrogen and oxygen atoms in total. The molecule has 0 aliphatic carbocycles. The smallest absolute Gasteiger partial charge is 0.382 e. The number of rotatable bonds is 2. The second-order valence-electron chi connectivity index (χ2n) is 6.09. The van der Waals surface area contributed by atoms with Crippen LogP contribution in [0.4, 0.5) is 18.9 Å². The highest BCUT2D eigenvalue weighted by atomic mass is 79.9. The number of alkyl halides is 3. The van der Waals surface area contributed by atoms with Crippen LogP contribution in [0.25, 0.3) is 0 Å². The lowest BCUT2D eigenvalue weighted by molar-refractivity contribution is -0.137. The van der Waals surface area contributed by atoms with Crippen molar-refractivity contribution in [2.24, 2.45) is 0 Å². The van der Waals surface area contributed by atoms with Crippen LogP contribution in [0.15, 0.2) is 22.7 Å². The average molecular weight is 363 g/mol. The molecule has 0 saturated carbocycles. The van der Waals surface area contributed by atoms with Gasteiger partial charge in [0, 0.05) is 28.3 Å². The number of hydrogen-bond acceptors (Lipinski definition) is 2. The molecule has 1 aromatic rings. The zero-order valence-electron chi connectivity index (χ0n) is 11.8. The zero-order chi connectivity index (χ0) is 15.2. The second-order valence-corrected chi connectivity index (χ2v) is 7.01. The fourth-order valence-electron chi connectivity index (χ4n) is 3.60. The summed E-state index contributed by atoms with van der Waals surface area (Å²) in [7, 11) is 2.15. The summed E-state index contributed by atoms with van der Waals surface area (Å²) in [6.45, 7) is 0. The van der Waals surface area contributed by atoms with Crippen LogP contribution in [0.3, 0.4) is 0 Å². The van der Waals surface area contributed by atoms with Gasteiger partial charge in [-0.2, -0.15) is 13.2 Å². The van der Waals surface area contributed by atoms with Crippen molar-refractivity contribution in [1.82, 2.24) is 4.90 Å². The molecule has 3 rings (SSSR count). The summed E-state index contributed by atoms with van der Waals surface area (Å²) >= 11 is 3.17. The lowest BCUT2D eigenvalue weighted by Gasteiger charge is -2.37. The van der Waals surface area contributed by atoms with E-state index in [9.17, 15) is 13.2 Å². The Balaban J connectivity index is 1.75. The number of nitrogens with zero attached hydrogens (tertiary/aromatic N) is 1. The van der Waals surface area contributed by atoms with Gasteiger partial charge >= 0.3 is 6.18 Å². The number of halogens is 4. The van der Waals surface area contributed by atoms with Crippen molar-refractivity contribution in [1.29, 1.82) is 0 Å². The second kappa shape index (κ2) is 5.47. The summed E-state index contributed by atoms with van der Waals surface area (Å²) in [4.78, 5) is 2.42. The first-order valence-electron chi connectivity index (χ1n) is 7.19. The van der Waals surface area contributed by atoms with E-state index >= 15 is 0 Å². The summed E-state index contributed by atoms with van der Waals surface area (Å²) in [6.07, 6.45) is 0.0883. The molecule has 2 fully saturated rings. The van der Waals surface area contributed by atoms with Gasteiger partial charge in [0.05, 0.1) is 5.56 Å². The molecular weight excluding hydrogens is 345 g/mol. The zero-order valence-corrected chi connectivity index (χ0v) is 13.3. The Labute approximate surface area is 130 Å². The van der Waals surface area contributed by atoms with Crippen LogP contribution in [0, 0.1) is 0 Å². The van der Waals surface area contributed by atoms with Crippen molar-refractivity contribution in [2.45, 2.75) is 50.0 Å². The fraction of sp³-hybridized carbons (Fsp3) is 0.600. The van der Waals surface area contributed by atoms with Gasteiger partial charge in [-0.3, -0.25) is 0 Å². The van der Waals surface area contributed by atoms with Gasteiger partial charge in [-0.05, 0) is 50.9 Å². The molecule has 2 bridgehead atoms. The summed E-state index contributed by atoms with van der Waals surface area (Å²) in [5.74, 6) is 0. The Hall–Kier alpha value is -0.750. The van der Waals surface area contributed by atoms with Crippen molar-refractivity contribution < 1.29 is 13.2 Å². The number of benzene rings is 1. The molecular formula is C15H18BrF3N2. The lowest BCUT2D eigenvalue weighted by Crippen LogP contribution is -2.44. The first-order chi connectivity index (χ1) is 9.83. The van der Waals surface area contributed by atoms with Crippen LogP contribution in [0.2, 0.25) is 0 Å². The molecule has 0 spiro atoms. The van der Waals surface area contributed by atoms with E-state index in [0.29, 0.717) is 22.2 Å². The lowest BCUT2D eigenvalue weighted by atomic mass is 9.97. The van der Waals surface area contributed by atoms with Gasteiger partial charge in [-0.1, -0.05) is 15.9 Å². The Morgan fingerprint density at radius 1 is 1.14 bits per heavy atom. The Kier molecular flexibility index (Phi) is 3.94. The van der Waals surface area contributed by atoms with E-state index in [0.717, 1.165) is 18.9 Å². The van der Waals surface area contributed by atoms with Gasteiger partial charge in [0.25, 0.3) is 0 Å². The minimum Gasteiger partial charge on any atom is -0.382 e. The number of nitrogens with one attached hydrogen (secondary N) is 1. The summed E-state index contributed by atoms with van der Waals surface area (Å²) in [5, 5.41) is 3.30. The van der Waals surface area contributed by atoms with Crippen LogP contribution < -0.4 is 5.32 Å². The van der Waals surface area contributed by atoms with E-state index in [2.05, 4.69) is 33.2 Å². The van der Waals surface area contributed by atoms with Gasteiger partial charge < -0.3 is 10.2 Å². The summed E-state index contributed by atoms with van der Waals surface area (Å²) in [5.41, 5.74) is -0.0686. The molecule has 2 unspecified atom stereocenters. The minimum atomic E-state index is -4.31. The number of fused-ring (bicyclic) bond motifs is 2. The van der Waals surface area contributed by atoms with Crippen molar-refractivity contribution in [3.8, 4) is 0 Å².